The zero-order valence-corrected chi connectivity index (χ0v) is 10.2. The molecule has 1 aromatic rings. The minimum atomic E-state index is -0.558. The van der Waals surface area contributed by atoms with Crippen molar-refractivity contribution in [1.82, 2.24) is 4.98 Å². The third-order valence-corrected chi connectivity index (χ3v) is 3.86. The van der Waals surface area contributed by atoms with Gasteiger partial charge in [-0.25, -0.2) is 4.98 Å². The number of hydrogen-bond donors (Lipinski definition) is 1. The molecular formula is C12H15N3O3. The second-order valence-electron chi connectivity index (χ2n) is 5.32. The molecule has 2 aliphatic rings. The van der Waals surface area contributed by atoms with Crippen LogP contribution >= 0.6 is 0 Å². The minimum absolute atomic E-state index is 0.0386. The van der Waals surface area contributed by atoms with Crippen LogP contribution in [0.5, 0.6) is 0 Å². The summed E-state index contributed by atoms with van der Waals surface area (Å²) >= 11 is 0. The van der Waals surface area contributed by atoms with Crippen molar-refractivity contribution in [2.45, 2.75) is 25.4 Å². The highest BCUT2D eigenvalue weighted by molar-refractivity contribution is 5.51. The van der Waals surface area contributed by atoms with Gasteiger partial charge >= 0.3 is 0 Å². The van der Waals surface area contributed by atoms with E-state index in [1.807, 2.05) is 4.90 Å². The van der Waals surface area contributed by atoms with Gasteiger partial charge in [-0.2, -0.15) is 0 Å². The molecular weight excluding hydrogens is 234 g/mol. The second kappa shape index (κ2) is 3.65. The summed E-state index contributed by atoms with van der Waals surface area (Å²) in [6, 6.07) is 1.71. The number of aryl methyl sites for hydroxylation is 1. The molecule has 0 atom stereocenters. The molecule has 6 heteroatoms. The van der Waals surface area contributed by atoms with Crippen LogP contribution in [0.25, 0.3) is 0 Å². The van der Waals surface area contributed by atoms with Crippen molar-refractivity contribution in [3.8, 4) is 0 Å². The summed E-state index contributed by atoms with van der Waals surface area (Å²) in [6.07, 6.45) is 3.51. The fraction of sp³-hybridized carbons (Fsp3) is 0.583. The highest BCUT2D eigenvalue weighted by Gasteiger charge is 2.52. The molecule has 0 radical (unpaired) electrons. The van der Waals surface area contributed by atoms with Crippen LogP contribution in [0.2, 0.25) is 0 Å². The normalized spacial score (nSPS) is 21.6. The summed E-state index contributed by atoms with van der Waals surface area (Å²) in [7, 11) is 0. The van der Waals surface area contributed by atoms with E-state index in [1.165, 1.54) is 6.20 Å². The van der Waals surface area contributed by atoms with Gasteiger partial charge in [0.05, 0.1) is 18.0 Å². The van der Waals surface area contributed by atoms with Gasteiger partial charge in [-0.15, -0.1) is 0 Å². The first-order valence-corrected chi connectivity index (χ1v) is 6.08. The number of pyridine rings is 1. The van der Waals surface area contributed by atoms with Gasteiger partial charge in [0.1, 0.15) is 17.6 Å². The Morgan fingerprint density at radius 2 is 2.22 bits per heavy atom. The lowest BCUT2D eigenvalue weighted by molar-refractivity contribution is -0.385. The van der Waals surface area contributed by atoms with Crippen molar-refractivity contribution in [3.05, 3.63) is 27.9 Å². The van der Waals surface area contributed by atoms with E-state index in [9.17, 15) is 15.2 Å². The molecule has 18 heavy (non-hydrogen) atoms. The minimum Gasteiger partial charge on any atom is -0.386 e. The smallest absolute Gasteiger partial charge is 0.290 e. The average molecular weight is 249 g/mol. The van der Waals surface area contributed by atoms with Gasteiger partial charge in [-0.05, 0) is 31.7 Å². The van der Waals surface area contributed by atoms with Crippen LogP contribution in [0.15, 0.2) is 12.3 Å². The van der Waals surface area contributed by atoms with Crippen LogP contribution in [-0.4, -0.2) is 33.7 Å². The third-order valence-electron chi connectivity index (χ3n) is 3.86. The fourth-order valence-corrected chi connectivity index (χ4v) is 2.55. The first-order chi connectivity index (χ1) is 8.49. The molecule has 0 amide bonds. The van der Waals surface area contributed by atoms with E-state index in [1.54, 1.807) is 13.0 Å². The van der Waals surface area contributed by atoms with Gasteiger partial charge in [0.25, 0.3) is 5.69 Å². The Bertz CT molecular complexity index is 507. The molecule has 1 saturated carbocycles. The topological polar surface area (TPSA) is 79.5 Å². The number of anilines is 1. The van der Waals surface area contributed by atoms with E-state index in [-0.39, 0.29) is 5.69 Å². The lowest BCUT2D eigenvalue weighted by Crippen LogP contribution is -2.63. The molecule has 1 aliphatic carbocycles. The van der Waals surface area contributed by atoms with Crippen molar-refractivity contribution in [1.29, 1.82) is 0 Å². The lowest BCUT2D eigenvalue weighted by Gasteiger charge is -2.47. The number of nitrogens with zero attached hydrogens (tertiary/aromatic N) is 3. The van der Waals surface area contributed by atoms with Gasteiger partial charge in [0.2, 0.25) is 0 Å². The van der Waals surface area contributed by atoms with Crippen LogP contribution in [0, 0.1) is 23.0 Å². The van der Waals surface area contributed by atoms with Crippen molar-refractivity contribution in [2.24, 2.45) is 5.92 Å². The maximum Gasteiger partial charge on any atom is 0.290 e. The second-order valence-corrected chi connectivity index (χ2v) is 5.32. The van der Waals surface area contributed by atoms with Crippen molar-refractivity contribution >= 4 is 11.5 Å². The highest BCUT2D eigenvalue weighted by atomic mass is 16.6. The van der Waals surface area contributed by atoms with Crippen molar-refractivity contribution < 1.29 is 10.0 Å². The quantitative estimate of drug-likeness (QED) is 0.644. The van der Waals surface area contributed by atoms with Gasteiger partial charge in [-0.3, -0.25) is 10.1 Å². The van der Waals surface area contributed by atoms with E-state index in [2.05, 4.69) is 4.98 Å². The zero-order valence-electron chi connectivity index (χ0n) is 10.2. The number of hydrogen-bond acceptors (Lipinski definition) is 5. The predicted molar refractivity (Wildman–Crippen MR) is 65.5 cm³/mol. The standard InChI is InChI=1S/C12H15N3O3/c1-8-4-11(13-5-10(8)15(17)18)14-6-12(16,7-14)9-2-3-9/h4-5,9,16H,2-3,6-7H2,1H3. The molecule has 96 valence electrons. The van der Waals surface area contributed by atoms with Crippen LogP contribution in [0.3, 0.4) is 0 Å². The Morgan fingerprint density at radius 1 is 1.56 bits per heavy atom. The Labute approximate surface area is 104 Å². The van der Waals surface area contributed by atoms with Gasteiger partial charge in [-0.1, -0.05) is 0 Å². The maximum absolute atomic E-state index is 10.7. The zero-order chi connectivity index (χ0) is 12.9. The van der Waals surface area contributed by atoms with Crippen molar-refractivity contribution in [2.75, 3.05) is 18.0 Å². The van der Waals surface area contributed by atoms with Crippen LogP contribution in [0.1, 0.15) is 18.4 Å². The van der Waals surface area contributed by atoms with Gasteiger partial charge in [0, 0.05) is 5.56 Å². The number of rotatable bonds is 3. The number of aromatic nitrogens is 1. The van der Waals surface area contributed by atoms with E-state index >= 15 is 0 Å². The Kier molecular flexibility index (Phi) is 2.31. The molecule has 2 fully saturated rings. The first kappa shape index (κ1) is 11.4. The summed E-state index contributed by atoms with van der Waals surface area (Å²) in [5, 5.41) is 20.9. The summed E-state index contributed by atoms with van der Waals surface area (Å²) in [5.74, 6) is 1.15. The predicted octanol–water partition coefficient (Wildman–Crippen LogP) is 1.26. The van der Waals surface area contributed by atoms with Crippen molar-refractivity contribution in [3.63, 3.8) is 0 Å². The van der Waals surface area contributed by atoms with Crippen LogP contribution < -0.4 is 4.90 Å². The largest absolute Gasteiger partial charge is 0.386 e. The van der Waals surface area contributed by atoms with E-state index in [0.717, 1.165) is 12.8 Å². The highest BCUT2D eigenvalue weighted by Crippen LogP contribution is 2.45. The summed E-state index contributed by atoms with van der Waals surface area (Å²) in [6.45, 7) is 2.88. The molecule has 1 aliphatic heterocycles. The fourth-order valence-electron chi connectivity index (χ4n) is 2.55. The molecule has 1 saturated heterocycles. The number of nitro groups is 1. The molecule has 0 spiro atoms. The summed E-state index contributed by atoms with van der Waals surface area (Å²) in [5.41, 5.74) is 0.0840. The SMILES string of the molecule is Cc1cc(N2CC(O)(C3CC3)C2)ncc1[N+](=O)[O-]. The molecule has 2 heterocycles. The molecule has 0 aromatic carbocycles. The first-order valence-electron chi connectivity index (χ1n) is 6.08. The van der Waals surface area contributed by atoms with Gasteiger partial charge < -0.3 is 10.0 Å². The summed E-state index contributed by atoms with van der Waals surface area (Å²) < 4.78 is 0. The molecule has 3 rings (SSSR count). The Balaban J connectivity index is 1.75. The Morgan fingerprint density at radius 3 is 2.72 bits per heavy atom. The summed E-state index contributed by atoms with van der Waals surface area (Å²) in [4.78, 5) is 16.3. The van der Waals surface area contributed by atoms with Crippen LogP contribution in [0.4, 0.5) is 11.5 Å². The molecule has 0 bridgehead atoms. The van der Waals surface area contributed by atoms with E-state index in [4.69, 9.17) is 0 Å². The molecule has 1 N–H and O–H groups in total. The molecule has 6 nitrogen and oxygen atoms in total. The third kappa shape index (κ3) is 1.73. The maximum atomic E-state index is 10.7. The molecule has 0 unspecified atom stereocenters. The van der Waals surface area contributed by atoms with Gasteiger partial charge in [0.15, 0.2) is 0 Å². The molecule has 1 aromatic heterocycles. The number of β-amino-alcohol motifs (C(OH)–C–C–N with tert-alkyl or cyclic N) is 1. The average Bonchev–Trinajstić information content (AvgIpc) is 3.08. The number of aliphatic hydroxyl groups is 1. The Hall–Kier alpha value is -1.69. The van der Waals surface area contributed by atoms with E-state index in [0.29, 0.717) is 30.4 Å². The van der Waals surface area contributed by atoms with E-state index < -0.39 is 10.5 Å². The monoisotopic (exact) mass is 249 g/mol. The van der Waals surface area contributed by atoms with Crippen LogP contribution in [-0.2, 0) is 0 Å². The lowest BCUT2D eigenvalue weighted by atomic mass is 9.89.